The molecule has 1 N–H and O–H groups in total. The van der Waals surface area contributed by atoms with E-state index < -0.39 is 27.4 Å². The Balaban J connectivity index is 1.39. The van der Waals surface area contributed by atoms with Gasteiger partial charge in [0.05, 0.1) is 21.7 Å². The smallest absolute Gasteiger partial charge is 0.269 e. The number of benzene rings is 4. The molecule has 4 rings (SSSR count). The van der Waals surface area contributed by atoms with E-state index in [0.29, 0.717) is 17.0 Å². The van der Waals surface area contributed by atoms with Crippen molar-refractivity contribution in [3.63, 3.8) is 0 Å². The highest BCUT2D eigenvalue weighted by Gasteiger charge is 2.27. The first-order valence-corrected chi connectivity index (χ1v) is 14.0. The maximum Gasteiger partial charge on any atom is 0.269 e. The van der Waals surface area contributed by atoms with E-state index in [1.54, 1.807) is 66.7 Å². The number of ether oxygens (including phenoxy) is 1. The Kier molecular flexibility index (Phi) is 9.10. The fourth-order valence-corrected chi connectivity index (χ4v) is 5.22. The molecule has 210 valence electrons. The molecule has 0 atom stereocenters. The van der Waals surface area contributed by atoms with Crippen molar-refractivity contribution in [2.45, 2.75) is 25.3 Å². The van der Waals surface area contributed by atoms with Crippen LogP contribution in [-0.4, -0.2) is 32.0 Å². The minimum atomic E-state index is -4.02. The number of sulfonamides is 1. The zero-order chi connectivity index (χ0) is 29.4. The van der Waals surface area contributed by atoms with Crippen LogP contribution in [0.1, 0.15) is 22.3 Å². The fraction of sp³-hybridized carbons (Fsp3) is 0.133. The lowest BCUT2D eigenvalue weighted by molar-refractivity contribution is -0.384. The summed E-state index contributed by atoms with van der Waals surface area (Å²) in [7, 11) is -4.02. The van der Waals surface area contributed by atoms with E-state index in [1.807, 2.05) is 19.9 Å². The summed E-state index contributed by atoms with van der Waals surface area (Å²) >= 11 is 0. The minimum absolute atomic E-state index is 0.0141. The molecular formula is C30H28N4O6S. The summed E-state index contributed by atoms with van der Waals surface area (Å²) in [6, 6.07) is 26.2. The van der Waals surface area contributed by atoms with Gasteiger partial charge in [-0.05, 0) is 96.8 Å². The highest BCUT2D eigenvalue weighted by atomic mass is 32.2. The average molecular weight is 573 g/mol. The molecule has 0 aromatic heterocycles. The van der Waals surface area contributed by atoms with Gasteiger partial charge in [0.2, 0.25) is 0 Å². The summed E-state index contributed by atoms with van der Waals surface area (Å²) in [5, 5.41) is 14.7. The van der Waals surface area contributed by atoms with Crippen LogP contribution in [0, 0.1) is 24.0 Å². The van der Waals surface area contributed by atoms with Gasteiger partial charge in [0, 0.05) is 12.1 Å². The quantitative estimate of drug-likeness (QED) is 0.150. The van der Waals surface area contributed by atoms with Crippen molar-refractivity contribution in [2.75, 3.05) is 10.8 Å². The first kappa shape index (κ1) is 29.0. The Hall–Kier alpha value is -5.03. The summed E-state index contributed by atoms with van der Waals surface area (Å²) in [6.45, 7) is 3.58. The van der Waals surface area contributed by atoms with Gasteiger partial charge in [-0.3, -0.25) is 19.2 Å². The number of amides is 1. The van der Waals surface area contributed by atoms with Crippen LogP contribution in [-0.2, 0) is 21.4 Å². The van der Waals surface area contributed by atoms with Crippen molar-refractivity contribution in [1.29, 1.82) is 0 Å². The Morgan fingerprint density at radius 1 is 0.951 bits per heavy atom. The van der Waals surface area contributed by atoms with Crippen LogP contribution >= 0.6 is 0 Å². The first-order chi connectivity index (χ1) is 19.6. The number of non-ortho nitro benzene ring substituents is 1. The second-order valence-electron chi connectivity index (χ2n) is 9.17. The molecule has 0 unspecified atom stereocenters. The molecule has 0 fully saturated rings. The number of anilines is 1. The van der Waals surface area contributed by atoms with E-state index in [9.17, 15) is 23.3 Å². The zero-order valence-electron chi connectivity index (χ0n) is 22.4. The summed E-state index contributed by atoms with van der Waals surface area (Å²) in [5.41, 5.74) is 6.15. The van der Waals surface area contributed by atoms with Crippen LogP contribution in [0.5, 0.6) is 5.75 Å². The summed E-state index contributed by atoms with van der Waals surface area (Å²) < 4.78 is 33.7. The molecule has 4 aromatic carbocycles. The average Bonchev–Trinajstić information content (AvgIpc) is 2.97. The lowest BCUT2D eigenvalue weighted by atomic mass is 10.1. The molecule has 41 heavy (non-hydrogen) atoms. The molecule has 0 radical (unpaired) electrons. The molecule has 0 saturated heterocycles. The topological polar surface area (TPSA) is 131 Å². The van der Waals surface area contributed by atoms with Crippen LogP contribution in [0.3, 0.4) is 0 Å². The van der Waals surface area contributed by atoms with Gasteiger partial charge in [0.25, 0.3) is 21.6 Å². The molecule has 10 nitrogen and oxygen atoms in total. The van der Waals surface area contributed by atoms with E-state index in [1.165, 1.54) is 30.5 Å². The predicted molar refractivity (Wildman–Crippen MR) is 156 cm³/mol. The summed E-state index contributed by atoms with van der Waals surface area (Å²) in [4.78, 5) is 23.2. The monoisotopic (exact) mass is 572 g/mol. The zero-order valence-corrected chi connectivity index (χ0v) is 23.2. The number of hydrazone groups is 1. The SMILES string of the molecule is Cc1ccc(N(CC(=O)N/N=C\c2ccc(OCc3ccc([N+](=O)[O-])cc3)cc2)S(=O)(=O)c2ccccc2)cc1C. The van der Waals surface area contributed by atoms with Gasteiger partial charge >= 0.3 is 0 Å². The highest BCUT2D eigenvalue weighted by Crippen LogP contribution is 2.25. The Morgan fingerprint density at radius 2 is 1.63 bits per heavy atom. The van der Waals surface area contributed by atoms with Gasteiger partial charge in [-0.1, -0.05) is 24.3 Å². The number of nitrogens with one attached hydrogen (secondary N) is 1. The second kappa shape index (κ2) is 12.9. The van der Waals surface area contributed by atoms with Crippen molar-refractivity contribution in [3.05, 3.63) is 129 Å². The Bertz CT molecular complexity index is 1660. The van der Waals surface area contributed by atoms with Gasteiger partial charge < -0.3 is 4.74 Å². The third kappa shape index (κ3) is 7.55. The normalized spacial score (nSPS) is 11.3. The molecule has 0 aliphatic carbocycles. The highest BCUT2D eigenvalue weighted by molar-refractivity contribution is 7.92. The third-order valence-corrected chi connectivity index (χ3v) is 8.02. The number of carbonyl (C=O) groups is 1. The molecular weight excluding hydrogens is 544 g/mol. The van der Waals surface area contributed by atoms with E-state index in [-0.39, 0.29) is 17.2 Å². The van der Waals surface area contributed by atoms with Crippen molar-refractivity contribution < 1.29 is 22.9 Å². The van der Waals surface area contributed by atoms with E-state index in [4.69, 9.17) is 4.74 Å². The lowest BCUT2D eigenvalue weighted by Gasteiger charge is -2.24. The number of nitro benzene ring substituents is 1. The second-order valence-corrected chi connectivity index (χ2v) is 11.0. The van der Waals surface area contributed by atoms with Crippen LogP contribution in [0.25, 0.3) is 0 Å². The molecule has 0 aliphatic heterocycles. The van der Waals surface area contributed by atoms with Crippen molar-refractivity contribution in [3.8, 4) is 5.75 Å². The van der Waals surface area contributed by atoms with Crippen molar-refractivity contribution in [2.24, 2.45) is 5.10 Å². The van der Waals surface area contributed by atoms with Crippen LogP contribution in [0.15, 0.2) is 107 Å². The molecule has 11 heteroatoms. The third-order valence-electron chi connectivity index (χ3n) is 6.23. The van der Waals surface area contributed by atoms with Gasteiger partial charge in [-0.25, -0.2) is 13.8 Å². The summed E-state index contributed by atoms with van der Waals surface area (Å²) in [6.07, 6.45) is 1.43. The molecule has 0 bridgehead atoms. The standard InChI is InChI=1S/C30H28N4O6S/c1-22-8-13-27(18-23(22)2)33(41(38,39)29-6-4-3-5-7-29)20-30(35)32-31-19-24-11-16-28(17-12-24)40-21-25-9-14-26(15-10-25)34(36)37/h3-19H,20-21H2,1-2H3,(H,32,35)/b31-19-. The Labute approximate surface area is 238 Å². The predicted octanol–water partition coefficient (Wildman–Crippen LogP) is 5.14. The van der Waals surface area contributed by atoms with Crippen molar-refractivity contribution in [1.82, 2.24) is 5.43 Å². The van der Waals surface area contributed by atoms with E-state index in [0.717, 1.165) is 21.0 Å². The van der Waals surface area contributed by atoms with Gasteiger partial charge in [0.15, 0.2) is 0 Å². The van der Waals surface area contributed by atoms with Crippen LogP contribution < -0.4 is 14.5 Å². The maximum atomic E-state index is 13.4. The number of rotatable bonds is 11. The van der Waals surface area contributed by atoms with Crippen LogP contribution in [0.4, 0.5) is 11.4 Å². The molecule has 0 spiro atoms. The van der Waals surface area contributed by atoms with Gasteiger partial charge in [0.1, 0.15) is 18.9 Å². The largest absolute Gasteiger partial charge is 0.489 e. The van der Waals surface area contributed by atoms with Gasteiger partial charge in [-0.2, -0.15) is 5.10 Å². The first-order valence-electron chi connectivity index (χ1n) is 12.6. The number of nitro groups is 1. The number of nitrogens with zero attached hydrogens (tertiary/aromatic N) is 3. The fourth-order valence-electron chi connectivity index (χ4n) is 3.79. The van der Waals surface area contributed by atoms with Gasteiger partial charge in [-0.15, -0.1) is 0 Å². The number of hydrogen-bond acceptors (Lipinski definition) is 7. The Morgan fingerprint density at radius 3 is 2.27 bits per heavy atom. The molecule has 1 amide bonds. The van der Waals surface area contributed by atoms with E-state index in [2.05, 4.69) is 10.5 Å². The molecule has 4 aromatic rings. The number of aryl methyl sites for hydroxylation is 2. The van der Waals surface area contributed by atoms with E-state index >= 15 is 0 Å². The molecule has 0 heterocycles. The number of hydrogen-bond donors (Lipinski definition) is 1. The van der Waals surface area contributed by atoms with Crippen molar-refractivity contribution >= 4 is 33.5 Å². The molecule has 0 aliphatic rings. The minimum Gasteiger partial charge on any atom is -0.489 e. The van der Waals surface area contributed by atoms with Crippen LogP contribution in [0.2, 0.25) is 0 Å². The molecule has 0 saturated carbocycles. The maximum absolute atomic E-state index is 13.4. The number of carbonyl (C=O) groups excluding carboxylic acids is 1. The summed E-state index contributed by atoms with van der Waals surface area (Å²) in [5.74, 6) is -0.0262. The lowest BCUT2D eigenvalue weighted by Crippen LogP contribution is -2.39.